The molecule has 2 atom stereocenters. The van der Waals surface area contributed by atoms with Gasteiger partial charge in [-0.2, -0.15) is 0 Å². The molecule has 19 heavy (non-hydrogen) atoms. The predicted octanol–water partition coefficient (Wildman–Crippen LogP) is 4.64. The lowest BCUT2D eigenvalue weighted by molar-refractivity contribution is 0.200. The highest BCUT2D eigenvalue weighted by Crippen LogP contribution is 2.13. The normalized spacial score (nSPS) is 27.2. The fourth-order valence-corrected chi connectivity index (χ4v) is 2.32. The highest BCUT2D eigenvalue weighted by molar-refractivity contribution is 4.70. The van der Waals surface area contributed by atoms with E-state index in [2.05, 4.69) is 37.7 Å². The molecule has 0 saturated carbocycles. The van der Waals surface area contributed by atoms with Crippen molar-refractivity contribution in [1.82, 2.24) is 9.80 Å². The van der Waals surface area contributed by atoms with Crippen LogP contribution < -0.4 is 0 Å². The van der Waals surface area contributed by atoms with Crippen LogP contribution in [-0.2, 0) is 0 Å². The fourth-order valence-electron chi connectivity index (χ4n) is 2.32. The van der Waals surface area contributed by atoms with Gasteiger partial charge in [0.2, 0.25) is 0 Å². The summed E-state index contributed by atoms with van der Waals surface area (Å²) >= 11 is 0. The SMILES string of the molecule is CC.CC.CC1CCCCN1C.CC1CCCN1C. The predicted molar refractivity (Wildman–Crippen MR) is 90.0 cm³/mol. The molecule has 2 aliphatic rings. The van der Waals surface area contributed by atoms with Crippen molar-refractivity contribution in [2.45, 2.75) is 85.7 Å². The molecule has 0 bridgehead atoms. The highest BCUT2D eigenvalue weighted by Gasteiger charge is 2.14. The van der Waals surface area contributed by atoms with Crippen LogP contribution in [0.1, 0.15) is 73.6 Å². The summed E-state index contributed by atoms with van der Waals surface area (Å²) in [7, 11) is 4.40. The first-order valence-corrected chi connectivity index (χ1v) is 8.51. The maximum atomic E-state index is 2.43. The molecule has 2 saturated heterocycles. The Hall–Kier alpha value is -0.0800. The van der Waals surface area contributed by atoms with Crippen LogP contribution in [0.3, 0.4) is 0 Å². The Labute approximate surface area is 123 Å². The van der Waals surface area contributed by atoms with Crippen LogP contribution in [0.4, 0.5) is 0 Å². The first-order valence-electron chi connectivity index (χ1n) is 8.51. The third-order valence-corrected chi connectivity index (χ3v) is 4.02. The molecule has 0 radical (unpaired) electrons. The van der Waals surface area contributed by atoms with E-state index in [0.717, 1.165) is 12.1 Å². The van der Waals surface area contributed by atoms with Crippen molar-refractivity contribution in [1.29, 1.82) is 0 Å². The Morgan fingerprint density at radius 3 is 1.21 bits per heavy atom. The van der Waals surface area contributed by atoms with Gasteiger partial charge in [-0.15, -0.1) is 0 Å². The molecular formula is C17H40N2. The van der Waals surface area contributed by atoms with Crippen molar-refractivity contribution < 1.29 is 0 Å². The molecule has 2 aliphatic heterocycles. The molecule has 2 rings (SSSR count). The van der Waals surface area contributed by atoms with Crippen LogP contribution in [0.25, 0.3) is 0 Å². The van der Waals surface area contributed by atoms with E-state index in [1.54, 1.807) is 0 Å². The molecule has 2 nitrogen and oxygen atoms in total. The van der Waals surface area contributed by atoms with Crippen molar-refractivity contribution in [3.05, 3.63) is 0 Å². The van der Waals surface area contributed by atoms with Crippen LogP contribution in [0, 0.1) is 0 Å². The molecule has 0 aromatic carbocycles. The molecule has 0 amide bonds. The van der Waals surface area contributed by atoms with Gasteiger partial charge in [-0.3, -0.25) is 0 Å². The highest BCUT2D eigenvalue weighted by atomic mass is 15.1. The fraction of sp³-hybridized carbons (Fsp3) is 1.00. The monoisotopic (exact) mass is 272 g/mol. The second-order valence-electron chi connectivity index (χ2n) is 5.30. The van der Waals surface area contributed by atoms with Gasteiger partial charge in [0.1, 0.15) is 0 Å². The molecule has 2 fully saturated rings. The molecule has 0 N–H and O–H groups in total. The first-order chi connectivity index (χ1) is 9.11. The smallest absolute Gasteiger partial charge is 0.00643 e. The number of rotatable bonds is 0. The average molecular weight is 273 g/mol. The quantitative estimate of drug-likeness (QED) is 0.633. The zero-order chi connectivity index (χ0) is 15.3. The number of hydrogen-bond acceptors (Lipinski definition) is 2. The second kappa shape index (κ2) is 14.3. The molecule has 0 aromatic heterocycles. The van der Waals surface area contributed by atoms with Crippen molar-refractivity contribution in [3.63, 3.8) is 0 Å². The van der Waals surface area contributed by atoms with E-state index in [1.165, 1.54) is 45.2 Å². The second-order valence-corrected chi connectivity index (χ2v) is 5.30. The Balaban J connectivity index is 0. The van der Waals surface area contributed by atoms with E-state index >= 15 is 0 Å². The molecular weight excluding hydrogens is 232 g/mol. The molecule has 0 aliphatic carbocycles. The number of hydrogen-bond donors (Lipinski definition) is 0. The van der Waals surface area contributed by atoms with Gasteiger partial charge < -0.3 is 9.80 Å². The summed E-state index contributed by atoms with van der Waals surface area (Å²) in [6.07, 6.45) is 7.04. The van der Waals surface area contributed by atoms with Gasteiger partial charge in [0.05, 0.1) is 0 Å². The maximum Gasteiger partial charge on any atom is 0.00643 e. The largest absolute Gasteiger partial charge is 0.304 e. The van der Waals surface area contributed by atoms with Crippen LogP contribution in [0.2, 0.25) is 0 Å². The molecule has 2 heteroatoms. The van der Waals surface area contributed by atoms with Gasteiger partial charge in [-0.25, -0.2) is 0 Å². The Morgan fingerprint density at radius 2 is 1.00 bits per heavy atom. The number of piperidine rings is 1. The summed E-state index contributed by atoms with van der Waals surface area (Å²) in [6, 6.07) is 1.68. The molecule has 2 unspecified atom stereocenters. The summed E-state index contributed by atoms with van der Waals surface area (Å²) in [5, 5.41) is 0. The van der Waals surface area contributed by atoms with E-state index in [-0.39, 0.29) is 0 Å². The summed E-state index contributed by atoms with van der Waals surface area (Å²) < 4.78 is 0. The lowest BCUT2D eigenvalue weighted by Crippen LogP contribution is -2.33. The molecule has 0 aromatic rings. The average Bonchev–Trinajstić information content (AvgIpc) is 2.83. The van der Waals surface area contributed by atoms with Crippen LogP contribution in [0.5, 0.6) is 0 Å². The van der Waals surface area contributed by atoms with Gasteiger partial charge in [0, 0.05) is 12.1 Å². The van der Waals surface area contributed by atoms with Gasteiger partial charge in [0.25, 0.3) is 0 Å². The van der Waals surface area contributed by atoms with E-state index < -0.39 is 0 Å². The minimum absolute atomic E-state index is 0.837. The molecule has 0 spiro atoms. The maximum absolute atomic E-state index is 2.43. The summed E-state index contributed by atoms with van der Waals surface area (Å²) in [4.78, 5) is 4.84. The van der Waals surface area contributed by atoms with Gasteiger partial charge in [0.15, 0.2) is 0 Å². The third-order valence-electron chi connectivity index (χ3n) is 4.02. The van der Waals surface area contributed by atoms with E-state index in [4.69, 9.17) is 0 Å². The van der Waals surface area contributed by atoms with Crippen LogP contribution >= 0.6 is 0 Å². The van der Waals surface area contributed by atoms with Crippen molar-refractivity contribution in [2.24, 2.45) is 0 Å². The zero-order valence-corrected chi connectivity index (χ0v) is 15.0. The first kappa shape index (κ1) is 21.2. The lowest BCUT2D eigenvalue weighted by Gasteiger charge is -2.29. The van der Waals surface area contributed by atoms with Crippen molar-refractivity contribution >= 4 is 0 Å². The van der Waals surface area contributed by atoms with Gasteiger partial charge in [-0.1, -0.05) is 34.1 Å². The van der Waals surface area contributed by atoms with E-state index in [0.29, 0.717) is 0 Å². The minimum Gasteiger partial charge on any atom is -0.304 e. The number of likely N-dealkylation sites (tertiary alicyclic amines) is 2. The molecule has 118 valence electrons. The van der Waals surface area contributed by atoms with Crippen LogP contribution in [-0.4, -0.2) is 49.1 Å². The topological polar surface area (TPSA) is 6.48 Å². The van der Waals surface area contributed by atoms with E-state index in [1.807, 2.05) is 27.7 Å². The summed E-state index contributed by atoms with van der Waals surface area (Å²) in [5.74, 6) is 0. The summed E-state index contributed by atoms with van der Waals surface area (Å²) in [5.41, 5.74) is 0. The van der Waals surface area contributed by atoms with Gasteiger partial charge >= 0.3 is 0 Å². The Kier molecular flexibility index (Phi) is 16.0. The lowest BCUT2D eigenvalue weighted by atomic mass is 10.1. The number of nitrogens with zero attached hydrogens (tertiary/aromatic N) is 2. The van der Waals surface area contributed by atoms with E-state index in [9.17, 15) is 0 Å². The van der Waals surface area contributed by atoms with Crippen LogP contribution in [0.15, 0.2) is 0 Å². The van der Waals surface area contributed by atoms with Crippen molar-refractivity contribution in [3.8, 4) is 0 Å². The summed E-state index contributed by atoms with van der Waals surface area (Å²) in [6.45, 7) is 15.2. The van der Waals surface area contributed by atoms with Gasteiger partial charge in [-0.05, 0) is 66.7 Å². The third kappa shape index (κ3) is 10.4. The standard InChI is InChI=1S/C7H15N.C6H13N.2C2H6/c1-7-5-3-4-6-8(7)2;1-6-4-3-5-7(6)2;2*1-2/h7H,3-6H2,1-2H3;6H,3-5H2,1-2H3;2*1-2H3. The minimum atomic E-state index is 0.837. The Bertz CT molecular complexity index is 153. The Morgan fingerprint density at radius 1 is 0.632 bits per heavy atom. The zero-order valence-electron chi connectivity index (χ0n) is 15.0. The van der Waals surface area contributed by atoms with Crippen molar-refractivity contribution in [2.75, 3.05) is 27.2 Å². The molecule has 2 heterocycles.